The van der Waals surface area contributed by atoms with Gasteiger partial charge in [0.05, 0.1) is 5.69 Å². The Labute approximate surface area is 117 Å². The summed E-state index contributed by atoms with van der Waals surface area (Å²) in [4.78, 5) is 2.22. The van der Waals surface area contributed by atoms with Gasteiger partial charge in [0, 0.05) is 25.8 Å². The molecular formula is C16H16F2N2. The molecule has 0 saturated carbocycles. The van der Waals surface area contributed by atoms with Gasteiger partial charge in [-0.05, 0) is 35.7 Å². The van der Waals surface area contributed by atoms with Crippen molar-refractivity contribution in [3.05, 3.63) is 59.2 Å². The summed E-state index contributed by atoms with van der Waals surface area (Å²) in [6, 6.07) is 10.4. The van der Waals surface area contributed by atoms with Gasteiger partial charge in [-0.2, -0.15) is 0 Å². The second kappa shape index (κ2) is 5.12. The van der Waals surface area contributed by atoms with Gasteiger partial charge >= 0.3 is 0 Å². The molecule has 0 fully saturated rings. The molecule has 2 aromatic carbocycles. The predicted molar refractivity (Wildman–Crippen MR) is 77.1 cm³/mol. The maximum absolute atomic E-state index is 13.5. The van der Waals surface area contributed by atoms with E-state index in [0.29, 0.717) is 6.54 Å². The molecule has 104 valence electrons. The Morgan fingerprint density at radius 1 is 1.20 bits per heavy atom. The van der Waals surface area contributed by atoms with Crippen molar-refractivity contribution in [1.29, 1.82) is 0 Å². The van der Waals surface area contributed by atoms with Crippen LogP contribution in [0.4, 0.5) is 20.2 Å². The van der Waals surface area contributed by atoms with Crippen LogP contribution in [-0.4, -0.2) is 13.6 Å². The summed E-state index contributed by atoms with van der Waals surface area (Å²) in [7, 11) is 2.08. The zero-order chi connectivity index (χ0) is 14.1. The molecule has 0 atom stereocenters. The van der Waals surface area contributed by atoms with E-state index >= 15 is 0 Å². The Morgan fingerprint density at radius 3 is 2.90 bits per heavy atom. The summed E-state index contributed by atoms with van der Waals surface area (Å²) in [5, 5.41) is 2.94. The SMILES string of the molecule is CN1CCc2cc(CNc3cccc(F)c3F)ccc21. The molecule has 0 saturated heterocycles. The monoisotopic (exact) mass is 274 g/mol. The van der Waals surface area contributed by atoms with Crippen molar-refractivity contribution in [2.24, 2.45) is 0 Å². The van der Waals surface area contributed by atoms with E-state index < -0.39 is 11.6 Å². The Hall–Kier alpha value is -2.10. The Balaban J connectivity index is 1.74. The first kappa shape index (κ1) is 12.9. The van der Waals surface area contributed by atoms with E-state index in [0.717, 1.165) is 24.6 Å². The van der Waals surface area contributed by atoms with Gasteiger partial charge in [0.2, 0.25) is 0 Å². The second-order valence-electron chi connectivity index (χ2n) is 5.09. The van der Waals surface area contributed by atoms with Gasteiger partial charge in [-0.25, -0.2) is 8.78 Å². The Bertz CT molecular complexity index is 640. The molecule has 0 aromatic heterocycles. The van der Waals surface area contributed by atoms with Crippen LogP contribution in [-0.2, 0) is 13.0 Å². The number of rotatable bonds is 3. The fourth-order valence-corrected chi connectivity index (χ4v) is 2.57. The van der Waals surface area contributed by atoms with Crippen LogP contribution in [0.15, 0.2) is 36.4 Å². The average molecular weight is 274 g/mol. The minimum atomic E-state index is -0.828. The number of nitrogens with zero attached hydrogens (tertiary/aromatic N) is 1. The maximum Gasteiger partial charge on any atom is 0.181 e. The number of nitrogens with one attached hydrogen (secondary N) is 1. The van der Waals surface area contributed by atoms with Crippen molar-refractivity contribution >= 4 is 11.4 Å². The van der Waals surface area contributed by atoms with Crippen LogP contribution < -0.4 is 10.2 Å². The van der Waals surface area contributed by atoms with E-state index in [1.54, 1.807) is 6.07 Å². The highest BCUT2D eigenvalue weighted by atomic mass is 19.2. The van der Waals surface area contributed by atoms with Crippen LogP contribution in [0.1, 0.15) is 11.1 Å². The van der Waals surface area contributed by atoms with Crippen molar-refractivity contribution in [3.63, 3.8) is 0 Å². The smallest absolute Gasteiger partial charge is 0.181 e. The normalized spacial score (nSPS) is 13.4. The van der Waals surface area contributed by atoms with Crippen LogP contribution in [0.3, 0.4) is 0 Å². The minimum absolute atomic E-state index is 0.197. The van der Waals surface area contributed by atoms with Crippen LogP contribution in [0, 0.1) is 11.6 Å². The van der Waals surface area contributed by atoms with Crippen LogP contribution in [0.2, 0.25) is 0 Å². The van der Waals surface area contributed by atoms with Crippen LogP contribution in [0.5, 0.6) is 0 Å². The summed E-state index contributed by atoms with van der Waals surface area (Å²) in [6.07, 6.45) is 1.04. The van der Waals surface area contributed by atoms with E-state index in [-0.39, 0.29) is 5.69 Å². The number of anilines is 2. The first-order valence-corrected chi connectivity index (χ1v) is 6.66. The van der Waals surface area contributed by atoms with Crippen LogP contribution in [0.25, 0.3) is 0 Å². The van der Waals surface area contributed by atoms with Crippen molar-refractivity contribution < 1.29 is 8.78 Å². The summed E-state index contributed by atoms with van der Waals surface area (Å²) >= 11 is 0. The van der Waals surface area contributed by atoms with Crippen molar-refractivity contribution in [2.45, 2.75) is 13.0 Å². The number of hydrogen-bond donors (Lipinski definition) is 1. The number of fused-ring (bicyclic) bond motifs is 1. The van der Waals surface area contributed by atoms with Crippen molar-refractivity contribution in [1.82, 2.24) is 0 Å². The lowest BCUT2D eigenvalue weighted by molar-refractivity contribution is 0.511. The highest BCUT2D eigenvalue weighted by Crippen LogP contribution is 2.27. The van der Waals surface area contributed by atoms with Gasteiger partial charge in [-0.1, -0.05) is 18.2 Å². The molecule has 1 N–H and O–H groups in total. The summed E-state index contributed by atoms with van der Waals surface area (Å²) < 4.78 is 26.6. The quantitative estimate of drug-likeness (QED) is 0.920. The molecule has 0 spiro atoms. The van der Waals surface area contributed by atoms with E-state index in [4.69, 9.17) is 0 Å². The molecule has 2 aromatic rings. The largest absolute Gasteiger partial charge is 0.379 e. The van der Waals surface area contributed by atoms with E-state index in [9.17, 15) is 8.78 Å². The van der Waals surface area contributed by atoms with Crippen molar-refractivity contribution in [3.8, 4) is 0 Å². The number of hydrogen-bond acceptors (Lipinski definition) is 2. The van der Waals surface area contributed by atoms with Gasteiger partial charge < -0.3 is 10.2 Å². The molecule has 0 radical (unpaired) electrons. The van der Waals surface area contributed by atoms with Gasteiger partial charge in [0.1, 0.15) is 0 Å². The van der Waals surface area contributed by atoms with E-state index in [1.165, 1.54) is 17.3 Å². The van der Waals surface area contributed by atoms with Gasteiger partial charge in [-0.15, -0.1) is 0 Å². The van der Waals surface area contributed by atoms with Gasteiger partial charge in [0.25, 0.3) is 0 Å². The van der Waals surface area contributed by atoms with E-state index in [1.807, 2.05) is 6.07 Å². The molecule has 1 aliphatic rings. The van der Waals surface area contributed by atoms with Crippen molar-refractivity contribution in [2.75, 3.05) is 23.8 Å². The molecular weight excluding hydrogens is 258 g/mol. The lowest BCUT2D eigenvalue weighted by Crippen LogP contribution is -2.12. The summed E-state index contributed by atoms with van der Waals surface area (Å²) in [5.41, 5.74) is 3.84. The summed E-state index contributed by atoms with van der Waals surface area (Å²) in [6.45, 7) is 1.52. The fourth-order valence-electron chi connectivity index (χ4n) is 2.57. The molecule has 0 amide bonds. The first-order chi connectivity index (χ1) is 9.65. The lowest BCUT2D eigenvalue weighted by Gasteiger charge is -2.13. The highest BCUT2D eigenvalue weighted by Gasteiger charge is 2.15. The fraction of sp³-hybridized carbons (Fsp3) is 0.250. The Morgan fingerprint density at radius 2 is 2.05 bits per heavy atom. The molecule has 1 heterocycles. The minimum Gasteiger partial charge on any atom is -0.379 e. The molecule has 3 rings (SSSR count). The van der Waals surface area contributed by atoms with Crippen LogP contribution >= 0.6 is 0 Å². The molecule has 1 aliphatic heterocycles. The molecule has 0 aliphatic carbocycles. The lowest BCUT2D eigenvalue weighted by atomic mass is 10.1. The predicted octanol–water partition coefficient (Wildman–Crippen LogP) is 3.57. The standard InChI is InChI=1S/C16H16F2N2/c1-20-8-7-12-9-11(5-6-15(12)20)10-19-14-4-2-3-13(17)16(14)18/h2-6,9,19H,7-8,10H2,1H3. The number of likely N-dealkylation sites (N-methyl/N-ethyl adjacent to an activating group) is 1. The zero-order valence-corrected chi connectivity index (χ0v) is 11.3. The maximum atomic E-state index is 13.5. The number of halogens is 2. The molecule has 0 unspecified atom stereocenters. The second-order valence-corrected chi connectivity index (χ2v) is 5.09. The molecule has 2 nitrogen and oxygen atoms in total. The topological polar surface area (TPSA) is 15.3 Å². The first-order valence-electron chi connectivity index (χ1n) is 6.66. The molecule has 4 heteroatoms. The third-order valence-corrected chi connectivity index (χ3v) is 3.71. The van der Waals surface area contributed by atoms with Gasteiger partial charge in [-0.3, -0.25) is 0 Å². The average Bonchev–Trinajstić information content (AvgIpc) is 2.82. The molecule has 20 heavy (non-hydrogen) atoms. The zero-order valence-electron chi connectivity index (χ0n) is 11.3. The molecule has 0 bridgehead atoms. The number of benzene rings is 2. The summed E-state index contributed by atoms with van der Waals surface area (Å²) in [5.74, 6) is -1.65. The highest BCUT2D eigenvalue weighted by molar-refractivity contribution is 5.58. The third-order valence-electron chi connectivity index (χ3n) is 3.71. The third kappa shape index (κ3) is 2.33. The Kier molecular flexibility index (Phi) is 3.30. The van der Waals surface area contributed by atoms with E-state index in [2.05, 4.69) is 29.4 Å². The van der Waals surface area contributed by atoms with Gasteiger partial charge in [0.15, 0.2) is 11.6 Å².